The molecule has 0 saturated carbocycles. The average molecular weight is 281 g/mol. The SMILES string of the molecule is CC(C)(C)N1CN(Cc2cccnc2)CSC1=S. The summed E-state index contributed by atoms with van der Waals surface area (Å²) >= 11 is 7.19. The first-order chi connectivity index (χ1) is 8.47. The summed E-state index contributed by atoms with van der Waals surface area (Å²) in [5, 5.41) is 0. The van der Waals surface area contributed by atoms with E-state index < -0.39 is 0 Å². The summed E-state index contributed by atoms with van der Waals surface area (Å²) < 4.78 is 1.00. The normalized spacial score (nSPS) is 18.2. The lowest BCUT2D eigenvalue weighted by Gasteiger charge is -2.44. The third-order valence-corrected chi connectivity index (χ3v) is 4.41. The minimum Gasteiger partial charge on any atom is -0.340 e. The van der Waals surface area contributed by atoms with E-state index in [1.165, 1.54) is 5.56 Å². The molecule has 0 bridgehead atoms. The van der Waals surface area contributed by atoms with Crippen LogP contribution in [0, 0.1) is 0 Å². The molecule has 0 spiro atoms. The van der Waals surface area contributed by atoms with E-state index in [9.17, 15) is 0 Å². The van der Waals surface area contributed by atoms with E-state index in [-0.39, 0.29) is 5.54 Å². The Bertz CT molecular complexity index is 414. The van der Waals surface area contributed by atoms with Crippen LogP contribution in [0.2, 0.25) is 0 Å². The fourth-order valence-electron chi connectivity index (χ4n) is 1.85. The molecular weight excluding hydrogens is 262 g/mol. The highest BCUT2D eigenvalue weighted by Crippen LogP contribution is 2.26. The highest BCUT2D eigenvalue weighted by atomic mass is 32.2. The second-order valence-electron chi connectivity index (χ2n) is 5.47. The molecule has 0 amide bonds. The quantitative estimate of drug-likeness (QED) is 0.774. The van der Waals surface area contributed by atoms with Crippen molar-refractivity contribution in [3.05, 3.63) is 30.1 Å². The highest BCUT2D eigenvalue weighted by molar-refractivity contribution is 8.22. The van der Waals surface area contributed by atoms with Gasteiger partial charge >= 0.3 is 0 Å². The maximum Gasteiger partial charge on any atom is 0.139 e. The zero-order valence-electron chi connectivity index (χ0n) is 11.1. The molecule has 0 radical (unpaired) electrons. The van der Waals surface area contributed by atoms with Crippen LogP contribution in [0.5, 0.6) is 0 Å². The van der Waals surface area contributed by atoms with Gasteiger partial charge in [-0.2, -0.15) is 0 Å². The Labute approximate surface area is 119 Å². The van der Waals surface area contributed by atoms with Crippen molar-refractivity contribution in [3.63, 3.8) is 0 Å². The van der Waals surface area contributed by atoms with E-state index in [1.54, 1.807) is 11.8 Å². The molecule has 98 valence electrons. The smallest absolute Gasteiger partial charge is 0.139 e. The molecule has 1 aromatic heterocycles. The zero-order chi connectivity index (χ0) is 13.2. The molecule has 0 atom stereocenters. The van der Waals surface area contributed by atoms with Crippen molar-refractivity contribution in [3.8, 4) is 0 Å². The second-order valence-corrected chi connectivity index (χ2v) is 7.05. The van der Waals surface area contributed by atoms with Gasteiger partial charge in [0.2, 0.25) is 0 Å². The number of thioether (sulfide) groups is 1. The fourth-order valence-corrected chi connectivity index (χ4v) is 3.30. The second kappa shape index (κ2) is 5.55. The minimum absolute atomic E-state index is 0.0810. The van der Waals surface area contributed by atoms with Crippen molar-refractivity contribution in [2.45, 2.75) is 32.9 Å². The minimum atomic E-state index is 0.0810. The molecule has 1 fully saturated rings. The van der Waals surface area contributed by atoms with Crippen molar-refractivity contribution in [2.24, 2.45) is 0 Å². The molecule has 5 heteroatoms. The molecule has 0 aliphatic carbocycles. The summed E-state index contributed by atoms with van der Waals surface area (Å²) in [5.41, 5.74) is 1.33. The lowest BCUT2D eigenvalue weighted by Crippen LogP contribution is -2.52. The number of aromatic nitrogens is 1. The lowest BCUT2D eigenvalue weighted by molar-refractivity contribution is 0.133. The first-order valence-corrected chi connectivity index (χ1v) is 7.42. The van der Waals surface area contributed by atoms with E-state index in [0.717, 1.165) is 23.4 Å². The average Bonchev–Trinajstić information content (AvgIpc) is 2.31. The predicted octanol–water partition coefficient (Wildman–Crippen LogP) is 2.93. The zero-order valence-corrected chi connectivity index (χ0v) is 12.7. The van der Waals surface area contributed by atoms with Gasteiger partial charge < -0.3 is 4.90 Å². The number of hydrogen-bond acceptors (Lipinski definition) is 4. The van der Waals surface area contributed by atoms with Gasteiger partial charge in [-0.1, -0.05) is 30.0 Å². The van der Waals surface area contributed by atoms with E-state index in [2.05, 4.69) is 41.6 Å². The Hall–Kier alpha value is -0.650. The van der Waals surface area contributed by atoms with Crippen LogP contribution in [0.3, 0.4) is 0 Å². The number of nitrogens with zero attached hydrogens (tertiary/aromatic N) is 3. The van der Waals surface area contributed by atoms with Gasteiger partial charge in [-0.15, -0.1) is 0 Å². The third-order valence-electron chi connectivity index (χ3n) is 2.87. The third kappa shape index (κ3) is 3.43. The van der Waals surface area contributed by atoms with Crippen LogP contribution in [-0.2, 0) is 6.54 Å². The van der Waals surface area contributed by atoms with Crippen LogP contribution in [0.4, 0.5) is 0 Å². The number of hydrogen-bond donors (Lipinski definition) is 0. The van der Waals surface area contributed by atoms with Gasteiger partial charge in [-0.3, -0.25) is 9.88 Å². The van der Waals surface area contributed by atoms with Crippen LogP contribution in [0.1, 0.15) is 26.3 Å². The summed E-state index contributed by atoms with van der Waals surface area (Å²) in [6.07, 6.45) is 3.74. The summed E-state index contributed by atoms with van der Waals surface area (Å²) in [6.45, 7) is 8.43. The first kappa shape index (κ1) is 13.8. The van der Waals surface area contributed by atoms with Crippen molar-refractivity contribution < 1.29 is 0 Å². The summed E-state index contributed by atoms with van der Waals surface area (Å²) in [6, 6.07) is 4.10. The maximum atomic E-state index is 5.44. The molecule has 2 rings (SSSR count). The summed E-state index contributed by atoms with van der Waals surface area (Å²) in [7, 11) is 0. The molecule has 2 heterocycles. The van der Waals surface area contributed by atoms with Crippen molar-refractivity contribution in [1.82, 2.24) is 14.8 Å². The molecule has 0 N–H and O–H groups in total. The van der Waals surface area contributed by atoms with Gasteiger partial charge in [-0.05, 0) is 32.4 Å². The Balaban J connectivity index is 2.02. The van der Waals surface area contributed by atoms with Crippen LogP contribution >= 0.6 is 24.0 Å². The summed E-state index contributed by atoms with van der Waals surface area (Å²) in [5.74, 6) is 0.959. The van der Waals surface area contributed by atoms with E-state index in [4.69, 9.17) is 12.2 Å². The Morgan fingerprint density at radius 2 is 2.22 bits per heavy atom. The molecule has 0 aromatic carbocycles. The Morgan fingerprint density at radius 1 is 1.44 bits per heavy atom. The largest absolute Gasteiger partial charge is 0.340 e. The van der Waals surface area contributed by atoms with Crippen LogP contribution in [0.25, 0.3) is 0 Å². The van der Waals surface area contributed by atoms with Crippen LogP contribution in [0.15, 0.2) is 24.5 Å². The van der Waals surface area contributed by atoms with E-state index >= 15 is 0 Å². The molecule has 1 saturated heterocycles. The van der Waals surface area contributed by atoms with Crippen molar-refractivity contribution in [2.75, 3.05) is 12.5 Å². The Kier molecular flexibility index (Phi) is 4.25. The van der Waals surface area contributed by atoms with Crippen molar-refractivity contribution >= 4 is 28.3 Å². The molecule has 0 unspecified atom stereocenters. The van der Waals surface area contributed by atoms with Gasteiger partial charge in [0.15, 0.2) is 0 Å². The highest BCUT2D eigenvalue weighted by Gasteiger charge is 2.29. The van der Waals surface area contributed by atoms with Gasteiger partial charge in [0.1, 0.15) is 4.32 Å². The topological polar surface area (TPSA) is 19.4 Å². The maximum absolute atomic E-state index is 5.44. The molecule has 1 aliphatic rings. The molecule has 1 aliphatic heterocycles. The van der Waals surface area contributed by atoms with Crippen molar-refractivity contribution in [1.29, 1.82) is 0 Å². The number of rotatable bonds is 2. The number of thiocarbonyl (C=S) groups is 1. The van der Waals surface area contributed by atoms with Crippen LogP contribution in [-0.4, -0.2) is 37.2 Å². The predicted molar refractivity (Wildman–Crippen MR) is 81.3 cm³/mol. The first-order valence-electron chi connectivity index (χ1n) is 6.02. The molecule has 3 nitrogen and oxygen atoms in total. The number of pyridine rings is 1. The fraction of sp³-hybridized carbons (Fsp3) is 0.538. The van der Waals surface area contributed by atoms with E-state index in [1.807, 2.05) is 18.5 Å². The molecule has 18 heavy (non-hydrogen) atoms. The molecule has 1 aromatic rings. The standard InChI is InChI=1S/C13H19N3S2/c1-13(2,3)16-9-15(10-18-12(16)17)8-11-5-4-6-14-7-11/h4-7H,8-10H2,1-3H3. The summed E-state index contributed by atoms with van der Waals surface area (Å²) in [4.78, 5) is 8.84. The van der Waals surface area contributed by atoms with E-state index in [0.29, 0.717) is 0 Å². The van der Waals surface area contributed by atoms with Gasteiger partial charge in [0.05, 0.1) is 12.5 Å². The monoisotopic (exact) mass is 281 g/mol. The van der Waals surface area contributed by atoms with Gasteiger partial charge in [0.25, 0.3) is 0 Å². The molecular formula is C13H19N3S2. The Morgan fingerprint density at radius 3 is 2.83 bits per heavy atom. The van der Waals surface area contributed by atoms with Gasteiger partial charge in [-0.25, -0.2) is 0 Å². The lowest BCUT2D eigenvalue weighted by atomic mass is 10.1. The van der Waals surface area contributed by atoms with Crippen LogP contribution < -0.4 is 0 Å². The van der Waals surface area contributed by atoms with Gasteiger partial charge in [0, 0.05) is 24.5 Å².